The minimum Gasteiger partial charge on any atom is -0.369 e. The van der Waals surface area contributed by atoms with E-state index < -0.39 is 5.54 Å². The zero-order valence-corrected chi connectivity index (χ0v) is 35.6. The lowest BCUT2D eigenvalue weighted by Crippen LogP contribution is -2.52. The maximum atomic E-state index is 14.2. The number of rotatable bonds is 30. The summed E-state index contributed by atoms with van der Waals surface area (Å²) in [6.45, 7) is 12.3. The van der Waals surface area contributed by atoms with Crippen LogP contribution in [0.15, 0.2) is 48.5 Å². The molecule has 2 aromatic rings. The van der Waals surface area contributed by atoms with E-state index in [1.54, 1.807) is 0 Å². The number of likely N-dealkylation sites (N-methyl/N-ethyl adjacent to an activating group) is 1. The largest absolute Gasteiger partial charge is 0.369 e. The Hall–Kier alpha value is -2.70. The Kier molecular flexibility index (Phi) is 22.8. The number of anilines is 1. The van der Waals surface area contributed by atoms with Crippen LogP contribution >= 0.6 is 0 Å². The number of carbonyl (C=O) groups is 2. The zero-order chi connectivity index (χ0) is 38.9. The lowest BCUT2D eigenvalue weighted by Gasteiger charge is -2.38. The first kappa shape index (κ1) is 45.7. The first-order chi connectivity index (χ1) is 26.4. The van der Waals surface area contributed by atoms with Crippen molar-refractivity contribution in [3.8, 4) is 0 Å². The van der Waals surface area contributed by atoms with Crippen LogP contribution in [0.4, 0.5) is 5.69 Å². The van der Waals surface area contributed by atoms with E-state index in [0.29, 0.717) is 12.8 Å². The van der Waals surface area contributed by atoms with Crippen molar-refractivity contribution in [3.05, 3.63) is 65.2 Å². The first-order valence-electron chi connectivity index (χ1n) is 22.5. The second-order valence-corrected chi connectivity index (χ2v) is 16.4. The summed E-state index contributed by atoms with van der Waals surface area (Å²) in [7, 11) is 4.04. The van der Waals surface area contributed by atoms with Gasteiger partial charge in [-0.2, -0.15) is 0 Å². The molecule has 0 spiro atoms. The predicted molar refractivity (Wildman–Crippen MR) is 232 cm³/mol. The summed E-state index contributed by atoms with van der Waals surface area (Å²) in [6.07, 6.45) is 27.3. The molecule has 1 aliphatic heterocycles. The fourth-order valence-electron chi connectivity index (χ4n) is 8.24. The maximum absolute atomic E-state index is 14.2. The molecule has 1 fully saturated rings. The Labute approximate surface area is 332 Å². The molecule has 1 N–H and O–H groups in total. The van der Waals surface area contributed by atoms with Gasteiger partial charge in [0, 0.05) is 56.1 Å². The van der Waals surface area contributed by atoms with Crippen LogP contribution in [-0.2, 0) is 6.42 Å². The minimum absolute atomic E-state index is 0.154. The van der Waals surface area contributed by atoms with E-state index in [1.807, 2.05) is 38.4 Å². The zero-order valence-electron chi connectivity index (χ0n) is 35.6. The van der Waals surface area contributed by atoms with Gasteiger partial charge in [0.1, 0.15) is 0 Å². The average molecular weight is 745 g/mol. The van der Waals surface area contributed by atoms with Crippen LogP contribution in [0.3, 0.4) is 0 Å². The van der Waals surface area contributed by atoms with Crippen molar-refractivity contribution in [2.75, 3.05) is 58.3 Å². The molecule has 54 heavy (non-hydrogen) atoms. The number of hydrogen-bond acceptors (Lipinski definition) is 5. The molecule has 304 valence electrons. The van der Waals surface area contributed by atoms with Gasteiger partial charge in [-0.3, -0.25) is 14.5 Å². The van der Waals surface area contributed by atoms with E-state index in [4.69, 9.17) is 0 Å². The molecule has 2 aromatic carbocycles. The number of nitrogens with one attached hydrogen (secondary N) is 1. The highest BCUT2D eigenvalue weighted by Crippen LogP contribution is 2.29. The highest BCUT2D eigenvalue weighted by molar-refractivity contribution is 6.03. The summed E-state index contributed by atoms with van der Waals surface area (Å²) >= 11 is 0. The summed E-state index contributed by atoms with van der Waals surface area (Å²) in [4.78, 5) is 34.8. The molecule has 3 rings (SSSR count). The fourth-order valence-corrected chi connectivity index (χ4v) is 8.24. The summed E-state index contributed by atoms with van der Waals surface area (Å²) in [5, 5.41) is 3.41. The molecule has 1 atom stereocenters. The molecule has 1 aliphatic rings. The van der Waals surface area contributed by atoms with Crippen molar-refractivity contribution in [2.24, 2.45) is 0 Å². The van der Waals surface area contributed by atoms with E-state index in [-0.39, 0.29) is 11.7 Å². The molecule has 0 aliphatic carbocycles. The second kappa shape index (κ2) is 27.0. The Balaban J connectivity index is 1.59. The molecular weight excluding hydrogens is 665 g/mol. The summed E-state index contributed by atoms with van der Waals surface area (Å²) in [5.41, 5.74) is 3.11. The lowest BCUT2D eigenvalue weighted by molar-refractivity contribution is 0.0665. The van der Waals surface area contributed by atoms with Crippen molar-refractivity contribution < 1.29 is 9.59 Å². The molecule has 0 radical (unpaired) electrons. The Morgan fingerprint density at radius 3 is 1.44 bits per heavy atom. The third-order valence-corrected chi connectivity index (χ3v) is 12.0. The highest BCUT2D eigenvalue weighted by Gasteiger charge is 2.39. The smallest absolute Gasteiger partial charge is 0.253 e. The predicted octanol–water partition coefficient (Wildman–Crippen LogP) is 11.5. The van der Waals surface area contributed by atoms with Gasteiger partial charge in [-0.05, 0) is 81.7 Å². The van der Waals surface area contributed by atoms with E-state index in [0.717, 1.165) is 68.8 Å². The Bertz CT molecular complexity index is 1250. The Morgan fingerprint density at radius 1 is 0.593 bits per heavy atom. The van der Waals surface area contributed by atoms with Crippen molar-refractivity contribution in [1.29, 1.82) is 0 Å². The monoisotopic (exact) mass is 745 g/mol. The summed E-state index contributed by atoms with van der Waals surface area (Å²) in [6, 6.07) is 16.4. The number of benzene rings is 2. The first-order valence-corrected chi connectivity index (χ1v) is 22.5. The van der Waals surface area contributed by atoms with Crippen molar-refractivity contribution in [2.45, 2.75) is 168 Å². The van der Waals surface area contributed by atoms with Gasteiger partial charge in [-0.1, -0.05) is 148 Å². The number of unbranched alkanes of at least 4 members (excludes halogenated alkanes) is 18. The Morgan fingerprint density at radius 2 is 1.02 bits per heavy atom. The summed E-state index contributed by atoms with van der Waals surface area (Å²) in [5.74, 6) is 0.310. The number of nitrogens with zero attached hydrogens (tertiary/aromatic N) is 3. The van der Waals surface area contributed by atoms with Crippen LogP contribution in [0.5, 0.6) is 0 Å². The molecule has 1 amide bonds. The van der Waals surface area contributed by atoms with E-state index >= 15 is 0 Å². The van der Waals surface area contributed by atoms with Gasteiger partial charge in [0.05, 0.1) is 5.54 Å². The number of carbonyl (C=O) groups excluding carboxylic acids is 2. The quantitative estimate of drug-likeness (QED) is 0.0638. The number of hydrogen-bond donors (Lipinski definition) is 1. The summed E-state index contributed by atoms with van der Waals surface area (Å²) < 4.78 is 0. The SMILES string of the molecule is CCCCCCCCCCCCN(CCCCCCCCCCCC)C(=O)c1ccc(CC(CC)(C(=O)c2ccc(N3CCNCC3)cc2)N(C)C)cc1. The third-order valence-electron chi connectivity index (χ3n) is 12.0. The molecule has 0 aromatic heterocycles. The van der Waals surface area contributed by atoms with Gasteiger partial charge >= 0.3 is 0 Å². The van der Waals surface area contributed by atoms with Crippen LogP contribution in [-0.4, -0.2) is 80.4 Å². The van der Waals surface area contributed by atoms with Crippen LogP contribution in [0.2, 0.25) is 0 Å². The van der Waals surface area contributed by atoms with Gasteiger partial charge in [0.2, 0.25) is 0 Å². The standard InChI is InChI=1S/C48H80N4O2/c1-6-9-11-13-15-17-19-21-23-25-37-52(38-26-24-22-20-18-16-14-12-10-7-2)47(54)44-29-27-42(28-30-44)41-48(8-3,50(4)5)46(53)43-31-33-45(34-32-43)51-39-35-49-36-40-51/h27-34,49H,6-26,35-41H2,1-5H3. The van der Waals surface area contributed by atoms with Crippen LogP contribution in [0.25, 0.3) is 0 Å². The van der Waals surface area contributed by atoms with E-state index in [2.05, 4.69) is 65.1 Å². The molecule has 1 heterocycles. The number of piperazine rings is 1. The van der Waals surface area contributed by atoms with Crippen molar-refractivity contribution in [1.82, 2.24) is 15.1 Å². The number of Topliss-reactive ketones (excluding diaryl/α,β-unsaturated/α-hetero) is 1. The van der Waals surface area contributed by atoms with Gasteiger partial charge in [0.15, 0.2) is 5.78 Å². The van der Waals surface area contributed by atoms with Crippen molar-refractivity contribution in [3.63, 3.8) is 0 Å². The molecule has 0 saturated carbocycles. The molecular formula is C48H80N4O2. The maximum Gasteiger partial charge on any atom is 0.253 e. The minimum atomic E-state index is -0.668. The molecule has 1 saturated heterocycles. The molecule has 6 heteroatoms. The molecule has 6 nitrogen and oxygen atoms in total. The number of ketones is 1. The van der Waals surface area contributed by atoms with Gasteiger partial charge < -0.3 is 15.1 Å². The van der Waals surface area contributed by atoms with Crippen LogP contribution in [0.1, 0.15) is 182 Å². The third kappa shape index (κ3) is 15.8. The molecule has 1 unspecified atom stereocenters. The average Bonchev–Trinajstić information content (AvgIpc) is 3.20. The van der Waals surface area contributed by atoms with Gasteiger partial charge in [-0.25, -0.2) is 0 Å². The fraction of sp³-hybridized carbons (Fsp3) is 0.708. The molecule has 0 bridgehead atoms. The van der Waals surface area contributed by atoms with E-state index in [1.165, 1.54) is 121 Å². The number of amides is 1. The van der Waals surface area contributed by atoms with Crippen molar-refractivity contribution >= 4 is 17.4 Å². The van der Waals surface area contributed by atoms with Crippen LogP contribution in [0, 0.1) is 0 Å². The van der Waals surface area contributed by atoms with Crippen LogP contribution < -0.4 is 10.2 Å². The highest BCUT2D eigenvalue weighted by atomic mass is 16.2. The van der Waals surface area contributed by atoms with Gasteiger partial charge in [0.25, 0.3) is 5.91 Å². The van der Waals surface area contributed by atoms with E-state index in [9.17, 15) is 9.59 Å². The lowest BCUT2D eigenvalue weighted by atomic mass is 9.80. The topological polar surface area (TPSA) is 55.9 Å². The normalized spacial score (nSPS) is 14.4. The second-order valence-electron chi connectivity index (χ2n) is 16.4. The van der Waals surface area contributed by atoms with Gasteiger partial charge in [-0.15, -0.1) is 0 Å².